The zero-order valence-corrected chi connectivity index (χ0v) is 9.13. The van der Waals surface area contributed by atoms with Crippen molar-refractivity contribution >= 4 is 11.8 Å². The number of rotatable bonds is 3. The molecule has 0 unspecified atom stereocenters. The molecule has 0 spiro atoms. The number of hydrogen-bond acceptors (Lipinski definition) is 5. The second-order valence-corrected chi connectivity index (χ2v) is 3.15. The number of nitrogens with zero attached hydrogens (tertiary/aromatic N) is 1. The number of aryl methyl sites for hydroxylation is 2. The molecule has 5 heteroatoms. The van der Waals surface area contributed by atoms with Crippen LogP contribution in [0.25, 0.3) is 0 Å². The van der Waals surface area contributed by atoms with Crippen molar-refractivity contribution in [3.63, 3.8) is 0 Å². The third-order valence-corrected chi connectivity index (χ3v) is 2.02. The Morgan fingerprint density at radius 2 is 2.27 bits per heavy atom. The summed E-state index contributed by atoms with van der Waals surface area (Å²) in [7, 11) is 0. The van der Waals surface area contributed by atoms with E-state index in [1.807, 2.05) is 6.92 Å². The number of nitrogens with two attached hydrogens (primary N) is 1. The highest BCUT2D eigenvalue weighted by atomic mass is 16.5. The maximum atomic E-state index is 11.6. The predicted molar refractivity (Wildman–Crippen MR) is 57.5 cm³/mol. The van der Waals surface area contributed by atoms with Gasteiger partial charge in [0.1, 0.15) is 5.82 Å². The number of ether oxygens (including phenoxy) is 1. The minimum atomic E-state index is -0.344. The summed E-state index contributed by atoms with van der Waals surface area (Å²) in [6.45, 7) is 5.70. The predicted octanol–water partition coefficient (Wildman–Crippen LogP) is 1.16. The fourth-order valence-corrected chi connectivity index (χ4v) is 1.42. The number of hydrogen-bond donors (Lipinski definition) is 2. The molecule has 0 atom stereocenters. The molecule has 0 bridgehead atoms. The minimum Gasteiger partial charge on any atom is -0.462 e. The average Bonchev–Trinajstić information content (AvgIpc) is 2.16. The van der Waals surface area contributed by atoms with E-state index in [0.29, 0.717) is 23.7 Å². The summed E-state index contributed by atoms with van der Waals surface area (Å²) in [6.07, 6.45) is 0. The molecule has 0 aromatic carbocycles. The Kier molecular flexibility index (Phi) is 3.62. The summed E-state index contributed by atoms with van der Waals surface area (Å²) < 4.78 is 4.93. The zero-order chi connectivity index (χ0) is 11.4. The molecule has 1 aromatic heterocycles. The van der Waals surface area contributed by atoms with Crippen molar-refractivity contribution in [3.05, 3.63) is 22.9 Å². The van der Waals surface area contributed by atoms with E-state index in [1.54, 1.807) is 19.9 Å². The number of carbonyl (C=O) groups excluding carboxylic acids is 1. The number of esters is 1. The Morgan fingerprint density at radius 3 is 2.73 bits per heavy atom. The van der Waals surface area contributed by atoms with Crippen LogP contribution < -0.4 is 11.3 Å². The van der Waals surface area contributed by atoms with E-state index in [0.717, 1.165) is 5.56 Å². The molecule has 0 radical (unpaired) electrons. The first-order valence-corrected chi connectivity index (χ1v) is 4.72. The standard InChI is InChI=1S/C10H15N3O2/c1-4-15-10(14)9-6(2)5-8(13-11)12-7(9)3/h5H,4,11H2,1-3H3,(H,12,13). The Labute approximate surface area is 88.6 Å². The SMILES string of the molecule is CCOC(=O)c1c(C)cc(NN)nc1C. The second kappa shape index (κ2) is 4.75. The molecule has 0 aliphatic carbocycles. The van der Waals surface area contributed by atoms with Crippen molar-refractivity contribution in [1.82, 2.24) is 4.98 Å². The van der Waals surface area contributed by atoms with Crippen LogP contribution in [0.4, 0.5) is 5.82 Å². The molecule has 0 aliphatic rings. The first kappa shape index (κ1) is 11.5. The monoisotopic (exact) mass is 209 g/mol. The smallest absolute Gasteiger partial charge is 0.340 e. The van der Waals surface area contributed by atoms with E-state index in [1.165, 1.54) is 0 Å². The zero-order valence-electron chi connectivity index (χ0n) is 9.13. The number of carbonyl (C=O) groups is 1. The first-order valence-electron chi connectivity index (χ1n) is 4.72. The first-order chi connectivity index (χ1) is 7.10. The molecule has 15 heavy (non-hydrogen) atoms. The van der Waals surface area contributed by atoms with E-state index in [9.17, 15) is 4.79 Å². The van der Waals surface area contributed by atoms with Gasteiger partial charge < -0.3 is 10.2 Å². The van der Waals surface area contributed by atoms with Crippen LogP contribution in [0.1, 0.15) is 28.5 Å². The third kappa shape index (κ3) is 2.44. The lowest BCUT2D eigenvalue weighted by Gasteiger charge is -2.10. The Hall–Kier alpha value is -1.62. The van der Waals surface area contributed by atoms with Crippen LogP contribution in [0.5, 0.6) is 0 Å². The summed E-state index contributed by atoms with van der Waals surface area (Å²) in [5.74, 6) is 5.44. The molecule has 1 heterocycles. The van der Waals surface area contributed by atoms with Crippen molar-refractivity contribution in [2.75, 3.05) is 12.0 Å². The molecule has 0 aliphatic heterocycles. The topological polar surface area (TPSA) is 77.2 Å². The molecule has 1 rings (SSSR count). The average molecular weight is 209 g/mol. The lowest BCUT2D eigenvalue weighted by molar-refractivity contribution is 0.0524. The van der Waals surface area contributed by atoms with Crippen LogP contribution >= 0.6 is 0 Å². The van der Waals surface area contributed by atoms with Gasteiger partial charge in [0.2, 0.25) is 0 Å². The van der Waals surface area contributed by atoms with Crippen LogP contribution in [-0.2, 0) is 4.74 Å². The van der Waals surface area contributed by atoms with Gasteiger partial charge in [0.15, 0.2) is 0 Å². The van der Waals surface area contributed by atoms with Crippen LogP contribution in [-0.4, -0.2) is 17.6 Å². The van der Waals surface area contributed by atoms with Crippen LogP contribution in [0.15, 0.2) is 6.07 Å². The van der Waals surface area contributed by atoms with Gasteiger partial charge in [0, 0.05) is 0 Å². The lowest BCUT2D eigenvalue weighted by Crippen LogP contribution is -2.14. The van der Waals surface area contributed by atoms with Gasteiger partial charge in [-0.25, -0.2) is 15.6 Å². The largest absolute Gasteiger partial charge is 0.462 e. The normalized spacial score (nSPS) is 9.87. The molecule has 0 saturated carbocycles. The highest BCUT2D eigenvalue weighted by Crippen LogP contribution is 2.16. The van der Waals surface area contributed by atoms with Gasteiger partial charge in [-0.3, -0.25) is 0 Å². The Bertz CT molecular complexity index is 354. The fraction of sp³-hybridized carbons (Fsp3) is 0.400. The van der Waals surface area contributed by atoms with Gasteiger partial charge >= 0.3 is 5.97 Å². The highest BCUT2D eigenvalue weighted by Gasteiger charge is 2.15. The van der Waals surface area contributed by atoms with E-state index in [4.69, 9.17) is 10.6 Å². The van der Waals surface area contributed by atoms with Gasteiger partial charge in [0.05, 0.1) is 17.9 Å². The van der Waals surface area contributed by atoms with E-state index < -0.39 is 0 Å². The molecular weight excluding hydrogens is 194 g/mol. The molecule has 3 N–H and O–H groups in total. The third-order valence-electron chi connectivity index (χ3n) is 2.02. The van der Waals surface area contributed by atoms with Crippen molar-refractivity contribution in [1.29, 1.82) is 0 Å². The van der Waals surface area contributed by atoms with Gasteiger partial charge in [-0.15, -0.1) is 0 Å². The molecule has 0 saturated heterocycles. The minimum absolute atomic E-state index is 0.344. The van der Waals surface area contributed by atoms with Gasteiger partial charge in [0.25, 0.3) is 0 Å². The summed E-state index contributed by atoms with van der Waals surface area (Å²) >= 11 is 0. The summed E-state index contributed by atoms with van der Waals surface area (Å²) in [5.41, 5.74) is 4.37. The van der Waals surface area contributed by atoms with Gasteiger partial charge in [-0.1, -0.05) is 0 Å². The van der Waals surface area contributed by atoms with E-state index in [-0.39, 0.29) is 5.97 Å². The number of anilines is 1. The molecule has 82 valence electrons. The number of pyridine rings is 1. The van der Waals surface area contributed by atoms with E-state index in [2.05, 4.69) is 10.4 Å². The van der Waals surface area contributed by atoms with Gasteiger partial charge in [-0.2, -0.15) is 0 Å². The number of hydrazine groups is 1. The molecule has 1 aromatic rings. The molecule has 0 amide bonds. The Balaban J connectivity index is 3.13. The fourth-order valence-electron chi connectivity index (χ4n) is 1.42. The van der Waals surface area contributed by atoms with Gasteiger partial charge in [-0.05, 0) is 32.4 Å². The van der Waals surface area contributed by atoms with Crippen LogP contribution in [0.2, 0.25) is 0 Å². The van der Waals surface area contributed by atoms with Crippen molar-refractivity contribution < 1.29 is 9.53 Å². The Morgan fingerprint density at radius 1 is 1.60 bits per heavy atom. The van der Waals surface area contributed by atoms with Crippen molar-refractivity contribution in [2.24, 2.45) is 5.84 Å². The number of nitrogens with one attached hydrogen (secondary N) is 1. The summed E-state index contributed by atoms with van der Waals surface area (Å²) in [4.78, 5) is 15.7. The maximum absolute atomic E-state index is 11.6. The molecular formula is C10H15N3O2. The van der Waals surface area contributed by atoms with Crippen molar-refractivity contribution in [2.45, 2.75) is 20.8 Å². The van der Waals surface area contributed by atoms with Crippen molar-refractivity contribution in [3.8, 4) is 0 Å². The summed E-state index contributed by atoms with van der Waals surface area (Å²) in [6, 6.07) is 1.71. The second-order valence-electron chi connectivity index (χ2n) is 3.15. The van der Waals surface area contributed by atoms with Crippen LogP contribution in [0.3, 0.4) is 0 Å². The summed E-state index contributed by atoms with van der Waals surface area (Å²) in [5, 5.41) is 0. The quantitative estimate of drug-likeness (QED) is 0.444. The highest BCUT2D eigenvalue weighted by molar-refractivity contribution is 5.92. The number of nitrogen functional groups attached to an aromatic ring is 1. The maximum Gasteiger partial charge on any atom is 0.340 e. The number of aromatic nitrogens is 1. The van der Waals surface area contributed by atoms with Crippen LogP contribution in [0, 0.1) is 13.8 Å². The lowest BCUT2D eigenvalue weighted by atomic mass is 10.1. The molecule has 0 fully saturated rings. The van der Waals surface area contributed by atoms with E-state index >= 15 is 0 Å². The molecule has 5 nitrogen and oxygen atoms in total.